The van der Waals surface area contributed by atoms with Crippen molar-refractivity contribution in [2.24, 2.45) is 0 Å². The van der Waals surface area contributed by atoms with Crippen molar-refractivity contribution >= 4 is 22.8 Å². The Kier molecular flexibility index (Phi) is 5.30. The molecular weight excluding hydrogens is 416 g/mol. The number of carbonyl (C=O) groups excluding carboxylic acids is 2. The highest BCUT2D eigenvalue weighted by molar-refractivity contribution is 5.97. The van der Waals surface area contributed by atoms with Crippen LogP contribution in [0.3, 0.4) is 0 Å². The summed E-state index contributed by atoms with van der Waals surface area (Å²) in [6.07, 6.45) is 0. The fourth-order valence-corrected chi connectivity index (χ4v) is 4.16. The molecule has 0 unspecified atom stereocenters. The van der Waals surface area contributed by atoms with Gasteiger partial charge >= 0.3 is 0 Å². The lowest BCUT2D eigenvalue weighted by molar-refractivity contribution is 0.0732. The second-order valence-electron chi connectivity index (χ2n) is 8.11. The summed E-state index contributed by atoms with van der Waals surface area (Å²) < 4.78 is 5.93. The maximum atomic E-state index is 13.2. The van der Waals surface area contributed by atoms with Gasteiger partial charge in [0.25, 0.3) is 11.8 Å². The van der Waals surface area contributed by atoms with E-state index in [-0.39, 0.29) is 11.8 Å². The van der Waals surface area contributed by atoms with Gasteiger partial charge in [-0.3, -0.25) is 9.59 Å². The number of hydrogen-bond acceptors (Lipinski definition) is 4. The van der Waals surface area contributed by atoms with Crippen molar-refractivity contribution in [3.8, 4) is 16.9 Å². The molecule has 3 aromatic carbocycles. The van der Waals surface area contributed by atoms with Crippen molar-refractivity contribution in [3.63, 3.8) is 0 Å². The maximum absolute atomic E-state index is 13.2. The minimum atomic E-state index is -0.179. The number of amides is 2. The minimum Gasteiger partial charge on any atom is -0.491 e. The predicted molar refractivity (Wildman–Crippen MR) is 126 cm³/mol. The van der Waals surface area contributed by atoms with Crippen LogP contribution < -0.4 is 10.1 Å². The second kappa shape index (κ2) is 8.43. The van der Waals surface area contributed by atoms with Crippen LogP contribution in [-0.2, 0) is 6.54 Å². The molecule has 4 aromatic rings. The lowest BCUT2D eigenvalue weighted by atomic mass is 10.0. The molecular formula is C26H24N4O3. The number of imidazole rings is 1. The number of H-pyrrole nitrogens is 1. The van der Waals surface area contributed by atoms with Crippen molar-refractivity contribution in [1.82, 2.24) is 20.2 Å². The van der Waals surface area contributed by atoms with Gasteiger partial charge in [-0.25, -0.2) is 4.98 Å². The van der Waals surface area contributed by atoms with Gasteiger partial charge in [0.15, 0.2) is 0 Å². The number of nitrogens with one attached hydrogen (secondary N) is 2. The summed E-state index contributed by atoms with van der Waals surface area (Å²) in [6, 6.07) is 19.0. The Morgan fingerprint density at radius 3 is 2.52 bits per heavy atom. The van der Waals surface area contributed by atoms with Gasteiger partial charge < -0.3 is 19.9 Å². The number of aromatic nitrogens is 2. The fourth-order valence-electron chi connectivity index (χ4n) is 4.16. The molecule has 0 aliphatic carbocycles. The molecule has 7 heteroatoms. The van der Waals surface area contributed by atoms with Crippen LogP contribution in [0.4, 0.5) is 0 Å². The Hall–Kier alpha value is -4.13. The van der Waals surface area contributed by atoms with Gasteiger partial charge in [-0.15, -0.1) is 0 Å². The van der Waals surface area contributed by atoms with Crippen molar-refractivity contribution in [2.45, 2.75) is 13.5 Å². The summed E-state index contributed by atoms with van der Waals surface area (Å²) >= 11 is 0. The number of rotatable bonds is 3. The molecule has 0 atom stereocenters. The first kappa shape index (κ1) is 20.8. The molecule has 0 radical (unpaired) electrons. The zero-order chi connectivity index (χ0) is 22.9. The third kappa shape index (κ3) is 4.05. The molecule has 1 aliphatic rings. The highest BCUT2D eigenvalue weighted by Gasteiger charge is 2.22. The van der Waals surface area contributed by atoms with E-state index in [2.05, 4.69) is 33.5 Å². The molecule has 0 saturated carbocycles. The van der Waals surface area contributed by atoms with Gasteiger partial charge in [-0.2, -0.15) is 0 Å². The van der Waals surface area contributed by atoms with E-state index < -0.39 is 0 Å². The summed E-state index contributed by atoms with van der Waals surface area (Å²) in [7, 11) is 1.58. The monoisotopic (exact) mass is 440 g/mol. The van der Waals surface area contributed by atoms with Crippen LogP contribution in [0.5, 0.6) is 5.75 Å². The molecule has 33 heavy (non-hydrogen) atoms. The molecule has 2 amide bonds. The minimum absolute atomic E-state index is 0.0883. The van der Waals surface area contributed by atoms with Crippen molar-refractivity contribution in [1.29, 1.82) is 0 Å². The van der Waals surface area contributed by atoms with Crippen LogP contribution in [0.25, 0.3) is 22.2 Å². The van der Waals surface area contributed by atoms with E-state index in [0.29, 0.717) is 30.8 Å². The van der Waals surface area contributed by atoms with Crippen LogP contribution in [0, 0.1) is 6.92 Å². The van der Waals surface area contributed by atoms with Crippen molar-refractivity contribution in [3.05, 3.63) is 83.2 Å². The van der Waals surface area contributed by atoms with E-state index in [1.165, 1.54) is 0 Å². The number of aromatic amines is 1. The number of hydrogen-bond donors (Lipinski definition) is 2. The predicted octanol–water partition coefficient (Wildman–Crippen LogP) is 3.93. The van der Waals surface area contributed by atoms with E-state index in [1.807, 2.05) is 25.1 Å². The summed E-state index contributed by atoms with van der Waals surface area (Å²) in [4.78, 5) is 34.5. The van der Waals surface area contributed by atoms with E-state index in [9.17, 15) is 9.59 Å². The molecule has 2 heterocycles. The summed E-state index contributed by atoms with van der Waals surface area (Å²) in [5.41, 5.74) is 6.08. The van der Waals surface area contributed by atoms with Gasteiger partial charge in [0.1, 0.15) is 18.2 Å². The molecule has 0 bridgehead atoms. The fraction of sp³-hybridized carbons (Fsp3) is 0.192. The summed E-state index contributed by atoms with van der Waals surface area (Å²) in [5, 5.41) is 2.59. The smallest absolute Gasteiger partial charge is 0.254 e. The first-order valence-electron chi connectivity index (χ1n) is 10.9. The molecule has 2 N–H and O–H groups in total. The number of nitrogens with zero attached hydrogens (tertiary/aromatic N) is 2. The van der Waals surface area contributed by atoms with E-state index in [4.69, 9.17) is 4.74 Å². The Morgan fingerprint density at radius 1 is 1.00 bits per heavy atom. The van der Waals surface area contributed by atoms with Crippen molar-refractivity contribution in [2.75, 3.05) is 20.2 Å². The topological polar surface area (TPSA) is 87.3 Å². The lowest BCUT2D eigenvalue weighted by Crippen LogP contribution is -2.32. The Bertz CT molecular complexity index is 1360. The lowest BCUT2D eigenvalue weighted by Gasteiger charge is -2.20. The number of fused-ring (bicyclic) bond motifs is 2. The molecule has 0 fully saturated rings. The SMILES string of the molecule is CNC(=O)c1ccc(C(=O)N2CCOc3ccc(-c4ccc5nc(C)[nH]c5c4)cc3C2)cc1. The Morgan fingerprint density at radius 2 is 1.73 bits per heavy atom. The quantitative estimate of drug-likeness (QED) is 0.505. The first-order chi connectivity index (χ1) is 16.0. The van der Waals surface area contributed by atoms with Crippen LogP contribution in [0.15, 0.2) is 60.7 Å². The number of benzene rings is 3. The zero-order valence-corrected chi connectivity index (χ0v) is 18.5. The molecule has 1 aliphatic heterocycles. The average Bonchev–Trinajstić information content (AvgIpc) is 3.08. The maximum Gasteiger partial charge on any atom is 0.254 e. The Balaban J connectivity index is 1.41. The van der Waals surface area contributed by atoms with Crippen LogP contribution in [0.2, 0.25) is 0 Å². The zero-order valence-electron chi connectivity index (χ0n) is 18.5. The first-order valence-corrected chi connectivity index (χ1v) is 10.9. The highest BCUT2D eigenvalue weighted by atomic mass is 16.5. The summed E-state index contributed by atoms with van der Waals surface area (Å²) in [6.45, 7) is 3.30. The number of aryl methyl sites for hydroxylation is 1. The second-order valence-corrected chi connectivity index (χ2v) is 8.11. The van der Waals surface area contributed by atoms with Gasteiger partial charge in [0, 0.05) is 30.3 Å². The molecule has 0 saturated heterocycles. The van der Waals surface area contributed by atoms with E-state index in [1.54, 1.807) is 36.2 Å². The molecule has 5 rings (SSSR count). The van der Waals surface area contributed by atoms with E-state index >= 15 is 0 Å². The molecule has 1 aromatic heterocycles. The highest BCUT2D eigenvalue weighted by Crippen LogP contribution is 2.31. The van der Waals surface area contributed by atoms with Crippen LogP contribution in [-0.4, -0.2) is 46.9 Å². The van der Waals surface area contributed by atoms with Gasteiger partial charge in [0.2, 0.25) is 0 Å². The van der Waals surface area contributed by atoms with Crippen LogP contribution in [0.1, 0.15) is 32.1 Å². The molecule has 166 valence electrons. The summed E-state index contributed by atoms with van der Waals surface area (Å²) in [5.74, 6) is 1.41. The van der Waals surface area contributed by atoms with E-state index in [0.717, 1.165) is 39.3 Å². The van der Waals surface area contributed by atoms with Crippen LogP contribution >= 0.6 is 0 Å². The third-order valence-electron chi connectivity index (χ3n) is 5.88. The largest absolute Gasteiger partial charge is 0.491 e. The molecule has 0 spiro atoms. The average molecular weight is 441 g/mol. The molecule has 7 nitrogen and oxygen atoms in total. The van der Waals surface area contributed by atoms with Gasteiger partial charge in [-0.05, 0) is 66.6 Å². The van der Waals surface area contributed by atoms with Crippen molar-refractivity contribution < 1.29 is 14.3 Å². The third-order valence-corrected chi connectivity index (χ3v) is 5.88. The van der Waals surface area contributed by atoms with Gasteiger partial charge in [0.05, 0.1) is 17.6 Å². The van der Waals surface area contributed by atoms with Gasteiger partial charge in [-0.1, -0.05) is 12.1 Å². The standard InChI is InChI=1S/C26H24N4O3/c1-16-28-22-9-7-20(14-23(22)29-16)19-8-10-24-21(13-19)15-30(11-12-33-24)26(32)18-5-3-17(4-6-18)25(31)27-2/h3-10,13-14H,11-12,15H2,1-2H3,(H,27,31)(H,28,29). The number of carbonyl (C=O) groups is 2. The normalized spacial score (nSPS) is 13.2. The number of ether oxygens (including phenoxy) is 1. The Labute approximate surface area is 191 Å².